The van der Waals surface area contributed by atoms with Crippen molar-refractivity contribution in [1.29, 1.82) is 0 Å². The number of halogens is 1. The highest BCUT2D eigenvalue weighted by Crippen LogP contribution is 2.40. The number of benzene rings is 3. The normalized spacial score (nSPS) is 15.1. The molecule has 0 saturated carbocycles. The molecule has 0 fully saturated rings. The van der Waals surface area contributed by atoms with E-state index in [0.717, 1.165) is 28.0 Å². The van der Waals surface area contributed by atoms with Crippen molar-refractivity contribution in [3.63, 3.8) is 0 Å². The van der Waals surface area contributed by atoms with Crippen molar-refractivity contribution in [1.82, 2.24) is 4.90 Å². The number of aryl methyl sites for hydroxylation is 2. The molecule has 1 aliphatic heterocycles. The smallest absolute Gasteiger partial charge is 0.291 e. The van der Waals surface area contributed by atoms with Gasteiger partial charge in [-0.2, -0.15) is 0 Å². The summed E-state index contributed by atoms with van der Waals surface area (Å²) >= 11 is 6.43. The lowest BCUT2D eigenvalue weighted by molar-refractivity contribution is 0.0714. The third-order valence-electron chi connectivity index (χ3n) is 6.22. The van der Waals surface area contributed by atoms with Crippen LogP contribution in [0.4, 0.5) is 0 Å². The molecule has 1 aromatic heterocycles. The molecule has 1 atom stereocenters. The van der Waals surface area contributed by atoms with Gasteiger partial charge in [0.1, 0.15) is 11.3 Å². The van der Waals surface area contributed by atoms with Crippen LogP contribution in [0.5, 0.6) is 5.75 Å². The van der Waals surface area contributed by atoms with Crippen LogP contribution in [0.3, 0.4) is 0 Å². The van der Waals surface area contributed by atoms with Crippen molar-refractivity contribution in [2.24, 2.45) is 0 Å². The quantitative estimate of drug-likeness (QED) is 0.346. The summed E-state index contributed by atoms with van der Waals surface area (Å²) in [6.07, 6.45) is 0. The lowest BCUT2D eigenvalue weighted by Gasteiger charge is -2.25. The van der Waals surface area contributed by atoms with Crippen molar-refractivity contribution >= 4 is 28.5 Å². The number of carbonyl (C=O) groups is 1. The predicted molar refractivity (Wildman–Crippen MR) is 133 cm³/mol. The van der Waals surface area contributed by atoms with Gasteiger partial charge in [-0.05, 0) is 67.3 Å². The molecule has 4 aromatic rings. The molecular formula is C28H24ClNO4. The molecule has 0 saturated heterocycles. The highest BCUT2D eigenvalue weighted by atomic mass is 35.5. The van der Waals surface area contributed by atoms with Gasteiger partial charge in [-0.25, -0.2) is 0 Å². The second-order valence-electron chi connectivity index (χ2n) is 8.56. The summed E-state index contributed by atoms with van der Waals surface area (Å²) in [5.41, 5.74) is 4.01. The topological polar surface area (TPSA) is 59.8 Å². The summed E-state index contributed by atoms with van der Waals surface area (Å²) in [6, 6.07) is 18.0. The fourth-order valence-corrected chi connectivity index (χ4v) is 4.94. The third kappa shape index (κ3) is 3.66. The van der Waals surface area contributed by atoms with Crippen molar-refractivity contribution in [2.45, 2.75) is 33.4 Å². The molecule has 1 amide bonds. The van der Waals surface area contributed by atoms with Crippen LogP contribution in [0.25, 0.3) is 11.0 Å². The molecule has 0 radical (unpaired) electrons. The molecule has 6 heteroatoms. The molecule has 1 unspecified atom stereocenters. The monoisotopic (exact) mass is 473 g/mol. The highest BCUT2D eigenvalue weighted by molar-refractivity contribution is 6.31. The van der Waals surface area contributed by atoms with Crippen LogP contribution in [-0.4, -0.2) is 17.4 Å². The molecular weight excluding hydrogens is 450 g/mol. The van der Waals surface area contributed by atoms with E-state index < -0.39 is 6.04 Å². The van der Waals surface area contributed by atoms with E-state index >= 15 is 0 Å². The fraction of sp³-hybridized carbons (Fsp3) is 0.214. The van der Waals surface area contributed by atoms with Crippen LogP contribution < -0.4 is 10.2 Å². The van der Waals surface area contributed by atoms with Gasteiger partial charge in [-0.3, -0.25) is 9.59 Å². The van der Waals surface area contributed by atoms with E-state index in [0.29, 0.717) is 28.2 Å². The van der Waals surface area contributed by atoms with E-state index in [1.165, 1.54) is 0 Å². The Balaban J connectivity index is 1.72. The molecule has 5 rings (SSSR count). The molecule has 1 aliphatic rings. The Hall–Kier alpha value is -3.57. The molecule has 3 aromatic carbocycles. The Morgan fingerprint density at radius 1 is 1.03 bits per heavy atom. The van der Waals surface area contributed by atoms with Crippen LogP contribution in [0.2, 0.25) is 5.02 Å². The molecule has 0 spiro atoms. The summed E-state index contributed by atoms with van der Waals surface area (Å²) in [4.78, 5) is 29.1. The Morgan fingerprint density at radius 2 is 1.76 bits per heavy atom. The minimum atomic E-state index is -0.601. The zero-order chi connectivity index (χ0) is 24.0. The maximum atomic E-state index is 13.8. The first-order valence-corrected chi connectivity index (χ1v) is 11.6. The lowest BCUT2D eigenvalue weighted by Crippen LogP contribution is -2.29. The van der Waals surface area contributed by atoms with E-state index in [-0.39, 0.29) is 23.6 Å². The van der Waals surface area contributed by atoms with Crippen LogP contribution in [-0.2, 0) is 6.54 Å². The summed E-state index contributed by atoms with van der Waals surface area (Å²) in [7, 11) is 0. The van der Waals surface area contributed by atoms with E-state index in [1.807, 2.05) is 69.3 Å². The van der Waals surface area contributed by atoms with Crippen molar-refractivity contribution < 1.29 is 13.9 Å². The fourth-order valence-electron chi connectivity index (χ4n) is 4.75. The Kier molecular flexibility index (Phi) is 5.66. The van der Waals surface area contributed by atoms with Crippen molar-refractivity contribution in [3.8, 4) is 5.75 Å². The first-order valence-electron chi connectivity index (χ1n) is 11.2. The van der Waals surface area contributed by atoms with Gasteiger partial charge < -0.3 is 14.1 Å². The van der Waals surface area contributed by atoms with E-state index in [1.54, 1.807) is 17.0 Å². The number of ether oxygens (including phenoxy) is 1. The Labute approximate surface area is 202 Å². The summed E-state index contributed by atoms with van der Waals surface area (Å²) in [6.45, 7) is 6.55. The first-order chi connectivity index (χ1) is 16.4. The molecule has 0 aliphatic carbocycles. The predicted octanol–water partition coefficient (Wildman–Crippen LogP) is 6.21. The number of hydrogen-bond donors (Lipinski definition) is 0. The molecule has 2 heterocycles. The lowest BCUT2D eigenvalue weighted by atomic mass is 9.96. The zero-order valence-corrected chi connectivity index (χ0v) is 20.0. The van der Waals surface area contributed by atoms with E-state index in [9.17, 15) is 9.59 Å². The summed E-state index contributed by atoms with van der Waals surface area (Å²) in [5.74, 6) is 0.491. The Morgan fingerprint density at radius 3 is 2.47 bits per heavy atom. The number of hydrogen-bond acceptors (Lipinski definition) is 4. The molecule has 34 heavy (non-hydrogen) atoms. The van der Waals surface area contributed by atoms with Gasteiger partial charge in [-0.1, -0.05) is 48.0 Å². The van der Waals surface area contributed by atoms with Crippen molar-refractivity contribution in [3.05, 3.63) is 109 Å². The zero-order valence-electron chi connectivity index (χ0n) is 19.2. The number of nitrogens with zero attached hydrogens (tertiary/aromatic N) is 1. The SMILES string of the molecule is CCOc1ccc(C2c3c(oc4cc(C)cc(C)c4c3=O)C(=O)N2Cc2ccccc2Cl)cc1. The van der Waals surface area contributed by atoms with Gasteiger partial charge in [0.25, 0.3) is 5.91 Å². The van der Waals surface area contributed by atoms with Crippen LogP contribution in [0.1, 0.15) is 51.3 Å². The number of rotatable bonds is 5. The van der Waals surface area contributed by atoms with Gasteiger partial charge in [0.05, 0.1) is 23.6 Å². The number of carbonyl (C=O) groups excluding carboxylic acids is 1. The third-order valence-corrected chi connectivity index (χ3v) is 6.59. The van der Waals surface area contributed by atoms with Gasteiger partial charge in [0.2, 0.25) is 5.76 Å². The first kappa shape index (κ1) is 22.2. The van der Waals surface area contributed by atoms with Crippen LogP contribution in [0.15, 0.2) is 69.9 Å². The van der Waals surface area contributed by atoms with Crippen molar-refractivity contribution in [2.75, 3.05) is 6.61 Å². The largest absolute Gasteiger partial charge is 0.494 e. The highest BCUT2D eigenvalue weighted by Gasteiger charge is 2.43. The molecule has 5 nitrogen and oxygen atoms in total. The van der Waals surface area contributed by atoms with Gasteiger partial charge >= 0.3 is 0 Å². The average molecular weight is 474 g/mol. The van der Waals surface area contributed by atoms with Gasteiger partial charge in [0, 0.05) is 11.6 Å². The van der Waals surface area contributed by atoms with Gasteiger partial charge in [-0.15, -0.1) is 0 Å². The summed E-state index contributed by atoms with van der Waals surface area (Å²) in [5, 5.41) is 1.07. The average Bonchev–Trinajstić information content (AvgIpc) is 3.07. The molecule has 0 bridgehead atoms. The second kappa shape index (κ2) is 8.65. The number of fused-ring (bicyclic) bond motifs is 2. The number of amides is 1. The second-order valence-corrected chi connectivity index (χ2v) is 8.97. The minimum absolute atomic E-state index is 0.0911. The van der Waals surface area contributed by atoms with Crippen LogP contribution in [0, 0.1) is 13.8 Å². The van der Waals surface area contributed by atoms with E-state index in [2.05, 4.69) is 0 Å². The molecule has 0 N–H and O–H groups in total. The maximum absolute atomic E-state index is 13.8. The Bertz CT molecular complexity index is 1470. The van der Waals surface area contributed by atoms with E-state index in [4.69, 9.17) is 20.8 Å². The minimum Gasteiger partial charge on any atom is -0.494 e. The summed E-state index contributed by atoms with van der Waals surface area (Å²) < 4.78 is 11.7. The molecule has 172 valence electrons. The van der Waals surface area contributed by atoms with Crippen LogP contribution >= 0.6 is 11.6 Å². The van der Waals surface area contributed by atoms with Gasteiger partial charge in [0.15, 0.2) is 5.43 Å². The standard InChI is InChI=1S/C28H24ClNO4/c1-4-33-20-11-9-18(10-12-20)25-24-26(31)23-17(3)13-16(2)14-22(23)34-27(24)28(32)30(25)15-19-7-5-6-8-21(19)29/h5-14,25H,4,15H2,1-3H3. The maximum Gasteiger partial charge on any atom is 0.291 e.